The summed E-state index contributed by atoms with van der Waals surface area (Å²) in [6.45, 7) is 0. The van der Waals surface area contributed by atoms with Gasteiger partial charge in [0, 0.05) is 5.38 Å². The van der Waals surface area contributed by atoms with Gasteiger partial charge >= 0.3 is 0 Å². The van der Waals surface area contributed by atoms with Gasteiger partial charge in [-0.1, -0.05) is 12.8 Å². The molecule has 1 fully saturated rings. The Morgan fingerprint density at radius 3 is 3.05 bits per heavy atom. The van der Waals surface area contributed by atoms with Crippen LogP contribution < -0.4 is 5.32 Å². The second-order valence-corrected chi connectivity index (χ2v) is 5.81. The molecular weight excluding hydrogens is 276 g/mol. The first kappa shape index (κ1) is 13.3. The number of nitrogens with zero attached hydrogens (tertiary/aromatic N) is 1. The van der Waals surface area contributed by atoms with E-state index in [2.05, 4.69) is 10.3 Å². The summed E-state index contributed by atoms with van der Waals surface area (Å²) in [6, 6.07) is 3.44. The van der Waals surface area contributed by atoms with Crippen LogP contribution in [0.15, 0.2) is 28.2 Å². The molecule has 5 nitrogen and oxygen atoms in total. The fraction of sp³-hybridized carbons (Fsp3) is 0.429. The maximum atomic E-state index is 12.1. The van der Waals surface area contributed by atoms with Gasteiger partial charge in [-0.05, 0) is 25.0 Å². The van der Waals surface area contributed by atoms with Gasteiger partial charge in [-0.2, -0.15) is 0 Å². The molecule has 2 aromatic rings. The molecule has 1 amide bonds. The molecule has 0 bridgehead atoms. The lowest BCUT2D eigenvalue weighted by molar-refractivity contribution is 0.0714. The molecule has 1 saturated carbocycles. The molecule has 0 unspecified atom stereocenters. The third-order valence-corrected chi connectivity index (χ3v) is 4.37. The predicted molar refractivity (Wildman–Crippen MR) is 75.5 cm³/mol. The van der Waals surface area contributed by atoms with Crippen molar-refractivity contribution in [3.8, 4) is 10.8 Å². The van der Waals surface area contributed by atoms with E-state index in [0.717, 1.165) is 25.7 Å². The molecule has 1 aliphatic rings. The smallest absolute Gasteiger partial charge is 0.271 e. The Morgan fingerprint density at radius 1 is 1.45 bits per heavy atom. The summed E-state index contributed by atoms with van der Waals surface area (Å²) in [7, 11) is 0. The summed E-state index contributed by atoms with van der Waals surface area (Å²) in [5.74, 6) is 0.428. The molecular formula is C14H16N2O3S. The highest BCUT2D eigenvalue weighted by Crippen LogP contribution is 2.24. The van der Waals surface area contributed by atoms with E-state index < -0.39 is 6.10 Å². The highest BCUT2D eigenvalue weighted by Gasteiger charge is 2.25. The van der Waals surface area contributed by atoms with Crippen LogP contribution in [0, 0.1) is 0 Å². The number of furan rings is 1. The Balaban J connectivity index is 1.68. The number of carbonyl (C=O) groups excluding carboxylic acids is 1. The van der Waals surface area contributed by atoms with Crippen LogP contribution in [0.2, 0.25) is 0 Å². The van der Waals surface area contributed by atoms with Crippen molar-refractivity contribution in [3.63, 3.8) is 0 Å². The van der Waals surface area contributed by atoms with Gasteiger partial charge in [-0.15, -0.1) is 11.3 Å². The Morgan fingerprint density at radius 2 is 2.30 bits per heavy atom. The van der Waals surface area contributed by atoms with E-state index in [9.17, 15) is 9.90 Å². The van der Waals surface area contributed by atoms with Gasteiger partial charge in [0.05, 0.1) is 18.4 Å². The zero-order valence-corrected chi connectivity index (χ0v) is 11.7. The lowest BCUT2D eigenvalue weighted by atomic mass is 9.92. The summed E-state index contributed by atoms with van der Waals surface area (Å²) >= 11 is 1.37. The molecule has 0 radical (unpaired) electrons. The van der Waals surface area contributed by atoms with E-state index in [1.54, 1.807) is 17.7 Å². The lowest BCUT2D eigenvalue weighted by Crippen LogP contribution is -2.45. The molecule has 2 atom stereocenters. The number of nitrogens with one attached hydrogen (secondary N) is 1. The first-order valence-corrected chi connectivity index (χ1v) is 7.60. The van der Waals surface area contributed by atoms with Gasteiger partial charge in [-0.25, -0.2) is 4.98 Å². The van der Waals surface area contributed by atoms with Crippen LogP contribution in [0.4, 0.5) is 0 Å². The minimum Gasteiger partial charge on any atom is -0.462 e. The summed E-state index contributed by atoms with van der Waals surface area (Å²) < 4.78 is 5.26. The number of carbonyl (C=O) groups is 1. The van der Waals surface area contributed by atoms with Crippen molar-refractivity contribution < 1.29 is 14.3 Å². The Kier molecular flexibility index (Phi) is 3.84. The monoisotopic (exact) mass is 292 g/mol. The van der Waals surface area contributed by atoms with Crippen LogP contribution in [0.5, 0.6) is 0 Å². The molecule has 6 heteroatoms. The first-order valence-electron chi connectivity index (χ1n) is 6.72. The van der Waals surface area contributed by atoms with Crippen molar-refractivity contribution in [2.24, 2.45) is 0 Å². The Hall–Kier alpha value is -1.66. The van der Waals surface area contributed by atoms with Crippen LogP contribution in [-0.2, 0) is 0 Å². The first-order chi connectivity index (χ1) is 9.74. The average molecular weight is 292 g/mol. The van der Waals surface area contributed by atoms with Gasteiger partial charge < -0.3 is 14.8 Å². The van der Waals surface area contributed by atoms with Crippen molar-refractivity contribution in [2.45, 2.75) is 37.8 Å². The van der Waals surface area contributed by atoms with E-state index in [1.807, 2.05) is 6.07 Å². The van der Waals surface area contributed by atoms with Gasteiger partial charge in [-0.3, -0.25) is 4.79 Å². The Bertz CT molecular complexity index is 579. The normalized spacial score (nSPS) is 22.6. The fourth-order valence-electron chi connectivity index (χ4n) is 2.41. The molecule has 2 aromatic heterocycles. The van der Waals surface area contributed by atoms with E-state index in [-0.39, 0.29) is 11.9 Å². The minimum atomic E-state index is -0.448. The molecule has 106 valence electrons. The number of hydrogen-bond donors (Lipinski definition) is 2. The molecule has 3 rings (SSSR count). The molecule has 0 aromatic carbocycles. The minimum absolute atomic E-state index is 0.162. The van der Waals surface area contributed by atoms with Crippen molar-refractivity contribution in [1.82, 2.24) is 10.3 Å². The van der Waals surface area contributed by atoms with Crippen molar-refractivity contribution >= 4 is 17.2 Å². The number of thiazole rings is 1. The van der Waals surface area contributed by atoms with Crippen LogP contribution in [-0.4, -0.2) is 28.1 Å². The summed E-state index contributed by atoms with van der Waals surface area (Å²) in [5, 5.41) is 15.1. The third-order valence-electron chi connectivity index (χ3n) is 3.51. The number of rotatable bonds is 3. The number of amides is 1. The summed E-state index contributed by atoms with van der Waals surface area (Å²) in [6.07, 6.45) is 4.76. The largest absolute Gasteiger partial charge is 0.462 e. The lowest BCUT2D eigenvalue weighted by Gasteiger charge is -2.27. The Labute approximate surface area is 120 Å². The maximum absolute atomic E-state index is 12.1. The van der Waals surface area contributed by atoms with Gasteiger partial charge in [0.15, 0.2) is 10.8 Å². The highest BCUT2D eigenvalue weighted by molar-refractivity contribution is 7.13. The van der Waals surface area contributed by atoms with Gasteiger partial charge in [0.25, 0.3) is 5.91 Å². The van der Waals surface area contributed by atoms with Crippen molar-refractivity contribution in [3.05, 3.63) is 29.5 Å². The topological polar surface area (TPSA) is 75.4 Å². The summed E-state index contributed by atoms with van der Waals surface area (Å²) in [5.41, 5.74) is 0.374. The third kappa shape index (κ3) is 2.76. The van der Waals surface area contributed by atoms with E-state index in [1.165, 1.54) is 11.3 Å². The van der Waals surface area contributed by atoms with E-state index >= 15 is 0 Å². The fourth-order valence-corrected chi connectivity index (χ4v) is 3.18. The van der Waals surface area contributed by atoms with Gasteiger partial charge in [0.1, 0.15) is 5.69 Å². The molecule has 2 heterocycles. The molecule has 2 N–H and O–H groups in total. The van der Waals surface area contributed by atoms with E-state index in [0.29, 0.717) is 16.5 Å². The molecule has 0 saturated heterocycles. The van der Waals surface area contributed by atoms with Crippen LogP contribution in [0.3, 0.4) is 0 Å². The molecule has 0 spiro atoms. The predicted octanol–water partition coefficient (Wildman–Crippen LogP) is 2.44. The quantitative estimate of drug-likeness (QED) is 0.911. The van der Waals surface area contributed by atoms with Crippen LogP contribution in [0.25, 0.3) is 10.8 Å². The SMILES string of the molecule is O=C(N[C@@H]1CCCC[C@H]1O)c1csc(-c2ccco2)n1. The van der Waals surface area contributed by atoms with Crippen LogP contribution in [0.1, 0.15) is 36.2 Å². The maximum Gasteiger partial charge on any atom is 0.271 e. The average Bonchev–Trinajstić information content (AvgIpc) is 3.11. The van der Waals surface area contributed by atoms with Gasteiger partial charge in [0.2, 0.25) is 0 Å². The van der Waals surface area contributed by atoms with E-state index in [4.69, 9.17) is 4.42 Å². The number of aliphatic hydroxyl groups is 1. The number of aromatic nitrogens is 1. The zero-order chi connectivity index (χ0) is 13.9. The number of hydrogen-bond acceptors (Lipinski definition) is 5. The van der Waals surface area contributed by atoms with Crippen molar-refractivity contribution in [2.75, 3.05) is 0 Å². The zero-order valence-electron chi connectivity index (χ0n) is 10.9. The van der Waals surface area contributed by atoms with Crippen molar-refractivity contribution in [1.29, 1.82) is 0 Å². The summed E-state index contributed by atoms with van der Waals surface area (Å²) in [4.78, 5) is 16.4. The van der Waals surface area contributed by atoms with Crippen LogP contribution >= 0.6 is 11.3 Å². The standard InChI is InChI=1S/C14H16N2O3S/c17-11-5-2-1-4-9(11)15-13(18)10-8-20-14(16-10)12-6-3-7-19-12/h3,6-9,11,17H,1-2,4-5H2,(H,15,18)/t9-,11-/m1/s1. The number of aliphatic hydroxyl groups excluding tert-OH is 1. The molecule has 0 aliphatic heterocycles. The second kappa shape index (κ2) is 5.76. The second-order valence-electron chi connectivity index (χ2n) is 4.95. The molecule has 20 heavy (non-hydrogen) atoms. The molecule has 1 aliphatic carbocycles. The highest BCUT2D eigenvalue weighted by atomic mass is 32.1.